The summed E-state index contributed by atoms with van der Waals surface area (Å²) in [6.45, 7) is 2.09. The van der Waals surface area contributed by atoms with Crippen LogP contribution in [-0.2, 0) is 4.79 Å². The maximum atomic E-state index is 12.5. The highest BCUT2D eigenvalue weighted by Crippen LogP contribution is 2.42. The molecule has 1 fully saturated rings. The molecule has 1 aliphatic carbocycles. The molecule has 0 radical (unpaired) electrons. The molecule has 4 nitrogen and oxygen atoms in total. The van der Waals surface area contributed by atoms with Crippen molar-refractivity contribution in [1.29, 1.82) is 0 Å². The molecule has 1 saturated carbocycles. The van der Waals surface area contributed by atoms with E-state index in [1.807, 2.05) is 6.07 Å². The van der Waals surface area contributed by atoms with Crippen molar-refractivity contribution in [3.8, 4) is 5.75 Å². The van der Waals surface area contributed by atoms with Crippen LogP contribution >= 0.6 is 0 Å². The second-order valence-electron chi connectivity index (χ2n) is 5.25. The quantitative estimate of drug-likeness (QED) is 0.819. The van der Waals surface area contributed by atoms with Crippen LogP contribution in [0.1, 0.15) is 39.0 Å². The lowest BCUT2D eigenvalue weighted by Gasteiger charge is -2.26. The monoisotopic (exact) mass is 262 g/mol. The van der Waals surface area contributed by atoms with Gasteiger partial charge in [0.2, 0.25) is 5.91 Å². The van der Waals surface area contributed by atoms with Crippen molar-refractivity contribution in [2.24, 2.45) is 5.41 Å². The van der Waals surface area contributed by atoms with Gasteiger partial charge in [0.1, 0.15) is 5.75 Å². The van der Waals surface area contributed by atoms with Crippen molar-refractivity contribution >= 4 is 17.3 Å². The standard InChI is InChI=1S/C15H22N2O2/c1-3-15(8-4-5-9-15)14(18)17-11-6-7-13(19-2)12(16)10-11/h6-7,10H,3-5,8-9,16H2,1-2H3,(H,17,18). The van der Waals surface area contributed by atoms with E-state index in [1.165, 1.54) is 0 Å². The number of ether oxygens (including phenoxy) is 1. The van der Waals surface area contributed by atoms with Crippen LogP contribution in [0.3, 0.4) is 0 Å². The van der Waals surface area contributed by atoms with Crippen molar-refractivity contribution in [1.82, 2.24) is 0 Å². The zero-order valence-corrected chi connectivity index (χ0v) is 11.7. The summed E-state index contributed by atoms with van der Waals surface area (Å²) in [6, 6.07) is 5.35. The number of benzene rings is 1. The van der Waals surface area contributed by atoms with Crippen LogP contribution < -0.4 is 15.8 Å². The van der Waals surface area contributed by atoms with Gasteiger partial charge in [-0.1, -0.05) is 19.8 Å². The SMILES string of the molecule is CCC1(C(=O)Nc2ccc(OC)c(N)c2)CCCC1. The molecule has 2 rings (SSSR count). The number of rotatable bonds is 4. The molecule has 0 spiro atoms. The van der Waals surface area contributed by atoms with Gasteiger partial charge in [0.25, 0.3) is 0 Å². The molecule has 3 N–H and O–H groups in total. The van der Waals surface area contributed by atoms with Crippen molar-refractivity contribution in [2.75, 3.05) is 18.2 Å². The first kappa shape index (κ1) is 13.7. The van der Waals surface area contributed by atoms with Crippen LogP contribution in [0.5, 0.6) is 5.75 Å². The number of amides is 1. The Kier molecular flexibility index (Phi) is 3.98. The fourth-order valence-corrected chi connectivity index (χ4v) is 2.87. The summed E-state index contributed by atoms with van der Waals surface area (Å²) in [6.07, 6.45) is 5.16. The van der Waals surface area contributed by atoms with E-state index in [2.05, 4.69) is 12.2 Å². The van der Waals surface area contributed by atoms with Crippen molar-refractivity contribution in [3.05, 3.63) is 18.2 Å². The molecule has 19 heavy (non-hydrogen) atoms. The van der Waals surface area contributed by atoms with Crippen LogP contribution in [0.2, 0.25) is 0 Å². The highest BCUT2D eigenvalue weighted by atomic mass is 16.5. The Hall–Kier alpha value is -1.71. The summed E-state index contributed by atoms with van der Waals surface area (Å²) >= 11 is 0. The van der Waals surface area contributed by atoms with Gasteiger partial charge in [0.05, 0.1) is 12.8 Å². The number of hydrogen-bond acceptors (Lipinski definition) is 3. The van der Waals surface area contributed by atoms with E-state index in [1.54, 1.807) is 19.2 Å². The number of carbonyl (C=O) groups excluding carboxylic acids is 1. The van der Waals surface area contributed by atoms with Gasteiger partial charge >= 0.3 is 0 Å². The van der Waals surface area contributed by atoms with Gasteiger partial charge in [-0.3, -0.25) is 4.79 Å². The van der Waals surface area contributed by atoms with Crippen molar-refractivity contribution in [2.45, 2.75) is 39.0 Å². The average Bonchev–Trinajstić information content (AvgIpc) is 2.89. The van der Waals surface area contributed by atoms with Gasteiger partial charge in [-0.2, -0.15) is 0 Å². The summed E-state index contributed by atoms with van der Waals surface area (Å²) in [7, 11) is 1.58. The molecular formula is C15H22N2O2. The minimum Gasteiger partial charge on any atom is -0.495 e. The molecule has 0 heterocycles. The molecule has 1 aromatic carbocycles. The number of nitrogens with one attached hydrogen (secondary N) is 1. The summed E-state index contributed by atoms with van der Waals surface area (Å²) < 4.78 is 5.11. The van der Waals surface area contributed by atoms with Gasteiger partial charge in [-0.25, -0.2) is 0 Å². The van der Waals surface area contributed by atoms with E-state index in [0.29, 0.717) is 11.4 Å². The third-order valence-corrected chi connectivity index (χ3v) is 4.21. The predicted molar refractivity (Wildman–Crippen MR) is 77.2 cm³/mol. The molecule has 104 valence electrons. The third-order valence-electron chi connectivity index (χ3n) is 4.21. The fraction of sp³-hybridized carbons (Fsp3) is 0.533. The lowest BCUT2D eigenvalue weighted by Crippen LogP contribution is -2.33. The number of hydrogen-bond donors (Lipinski definition) is 2. The number of nitrogen functional groups attached to an aromatic ring is 1. The van der Waals surface area contributed by atoms with Gasteiger partial charge < -0.3 is 15.8 Å². The maximum Gasteiger partial charge on any atom is 0.230 e. The van der Waals surface area contributed by atoms with E-state index in [4.69, 9.17) is 10.5 Å². The Labute approximate surface area is 114 Å². The molecule has 1 aliphatic rings. The van der Waals surface area contributed by atoms with Gasteiger partial charge in [-0.15, -0.1) is 0 Å². The van der Waals surface area contributed by atoms with Crippen molar-refractivity contribution in [3.63, 3.8) is 0 Å². The Bertz CT molecular complexity index is 465. The lowest BCUT2D eigenvalue weighted by atomic mass is 9.82. The highest BCUT2D eigenvalue weighted by molar-refractivity contribution is 5.96. The van der Waals surface area contributed by atoms with Gasteiger partial charge in [-0.05, 0) is 37.5 Å². The van der Waals surface area contributed by atoms with Crippen LogP contribution in [0, 0.1) is 5.41 Å². The first-order valence-corrected chi connectivity index (χ1v) is 6.86. The number of nitrogens with two attached hydrogens (primary N) is 1. The molecule has 0 atom stereocenters. The summed E-state index contributed by atoms with van der Waals surface area (Å²) in [4.78, 5) is 12.5. The normalized spacial score (nSPS) is 17.2. The molecule has 1 amide bonds. The average molecular weight is 262 g/mol. The predicted octanol–water partition coefficient (Wildman–Crippen LogP) is 3.19. The van der Waals surface area contributed by atoms with Gasteiger partial charge in [0, 0.05) is 11.1 Å². The second kappa shape index (κ2) is 5.51. The van der Waals surface area contributed by atoms with E-state index >= 15 is 0 Å². The summed E-state index contributed by atoms with van der Waals surface area (Å²) in [5, 5.41) is 2.99. The molecule has 0 aromatic heterocycles. The van der Waals surface area contributed by atoms with Crippen molar-refractivity contribution < 1.29 is 9.53 Å². The molecule has 0 aliphatic heterocycles. The van der Waals surface area contributed by atoms with E-state index in [-0.39, 0.29) is 11.3 Å². The molecule has 0 unspecified atom stereocenters. The topological polar surface area (TPSA) is 64.3 Å². The Morgan fingerprint density at radius 1 is 1.42 bits per heavy atom. The second-order valence-corrected chi connectivity index (χ2v) is 5.25. The van der Waals surface area contributed by atoms with E-state index in [0.717, 1.165) is 37.8 Å². The minimum absolute atomic E-state index is 0.122. The fourth-order valence-electron chi connectivity index (χ4n) is 2.87. The first-order chi connectivity index (χ1) is 9.11. The van der Waals surface area contributed by atoms with Crippen LogP contribution in [-0.4, -0.2) is 13.0 Å². The number of anilines is 2. The highest BCUT2D eigenvalue weighted by Gasteiger charge is 2.39. The number of carbonyl (C=O) groups is 1. The summed E-state index contributed by atoms with van der Waals surface area (Å²) in [5.41, 5.74) is 6.94. The Morgan fingerprint density at radius 3 is 2.63 bits per heavy atom. The zero-order chi connectivity index (χ0) is 13.9. The number of methoxy groups -OCH3 is 1. The third kappa shape index (κ3) is 2.67. The van der Waals surface area contributed by atoms with Crippen LogP contribution in [0.4, 0.5) is 11.4 Å². The molecule has 1 aromatic rings. The lowest BCUT2D eigenvalue weighted by molar-refractivity contribution is -0.125. The smallest absolute Gasteiger partial charge is 0.230 e. The molecule has 0 saturated heterocycles. The first-order valence-electron chi connectivity index (χ1n) is 6.86. The largest absolute Gasteiger partial charge is 0.495 e. The van der Waals surface area contributed by atoms with E-state index in [9.17, 15) is 4.79 Å². The zero-order valence-electron chi connectivity index (χ0n) is 11.7. The molecule has 0 bridgehead atoms. The van der Waals surface area contributed by atoms with Crippen LogP contribution in [0.15, 0.2) is 18.2 Å². The molecular weight excluding hydrogens is 240 g/mol. The molecule has 4 heteroatoms. The Morgan fingerprint density at radius 2 is 2.11 bits per heavy atom. The van der Waals surface area contributed by atoms with Gasteiger partial charge in [0.15, 0.2) is 0 Å². The minimum atomic E-state index is -0.186. The maximum absolute atomic E-state index is 12.5. The van der Waals surface area contributed by atoms with Crippen LogP contribution in [0.25, 0.3) is 0 Å². The van der Waals surface area contributed by atoms with E-state index < -0.39 is 0 Å². The Balaban J connectivity index is 2.12. The summed E-state index contributed by atoms with van der Waals surface area (Å²) in [5.74, 6) is 0.751.